The molecule has 1 aromatic heterocycles. The lowest BCUT2D eigenvalue weighted by molar-refractivity contribution is 0.0595. The summed E-state index contributed by atoms with van der Waals surface area (Å²) >= 11 is 0. The van der Waals surface area contributed by atoms with Gasteiger partial charge in [0, 0.05) is 24.0 Å². The maximum absolute atomic E-state index is 13.3. The highest BCUT2D eigenvalue weighted by atomic mass is 16.5. The van der Waals surface area contributed by atoms with Crippen LogP contribution in [0, 0.1) is 0 Å². The molecule has 0 fully saturated rings. The van der Waals surface area contributed by atoms with Crippen LogP contribution in [-0.2, 0) is 24.6 Å². The minimum absolute atomic E-state index is 0.178. The van der Waals surface area contributed by atoms with Gasteiger partial charge in [0.25, 0.3) is 11.5 Å². The monoisotopic (exact) mass is 470 g/mol. The van der Waals surface area contributed by atoms with Gasteiger partial charge >= 0.3 is 5.97 Å². The van der Waals surface area contributed by atoms with Crippen molar-refractivity contribution >= 4 is 22.8 Å². The number of aromatic hydroxyl groups is 1. The number of fused-ring (bicyclic) bond motifs is 1. The summed E-state index contributed by atoms with van der Waals surface area (Å²) in [5.41, 5.74) is 1.75. The van der Waals surface area contributed by atoms with E-state index in [1.165, 1.54) is 17.7 Å². The van der Waals surface area contributed by atoms with Gasteiger partial charge in [-0.1, -0.05) is 60.7 Å². The van der Waals surface area contributed by atoms with E-state index in [-0.39, 0.29) is 17.3 Å². The highest BCUT2D eigenvalue weighted by Crippen LogP contribution is 2.27. The van der Waals surface area contributed by atoms with Crippen LogP contribution in [0.4, 0.5) is 0 Å². The van der Waals surface area contributed by atoms with Gasteiger partial charge in [0.15, 0.2) is 5.56 Å². The molecule has 4 rings (SSSR count). The number of methoxy groups -OCH3 is 1. The number of rotatable bonds is 7. The summed E-state index contributed by atoms with van der Waals surface area (Å²) in [6.07, 6.45) is 1.28. The van der Waals surface area contributed by atoms with Gasteiger partial charge in [-0.25, -0.2) is 4.79 Å². The van der Waals surface area contributed by atoms with Crippen LogP contribution in [0.15, 0.2) is 83.7 Å². The zero-order valence-electron chi connectivity index (χ0n) is 19.5. The van der Waals surface area contributed by atoms with Crippen LogP contribution in [0.2, 0.25) is 0 Å². The molecule has 0 bridgehead atoms. The van der Waals surface area contributed by atoms with E-state index in [0.29, 0.717) is 23.9 Å². The average molecular weight is 471 g/mol. The minimum Gasteiger partial charge on any atom is -0.506 e. The van der Waals surface area contributed by atoms with E-state index in [0.717, 1.165) is 18.2 Å². The normalized spacial score (nSPS) is 10.9. The summed E-state index contributed by atoms with van der Waals surface area (Å²) in [4.78, 5) is 37.9. The van der Waals surface area contributed by atoms with Gasteiger partial charge in [-0.05, 0) is 42.2 Å². The first-order chi connectivity index (χ1) is 16.9. The molecule has 178 valence electrons. The number of ether oxygens (including phenoxy) is 1. The van der Waals surface area contributed by atoms with Crippen molar-refractivity contribution in [2.45, 2.75) is 18.9 Å². The Morgan fingerprint density at radius 1 is 0.943 bits per heavy atom. The molecule has 0 aliphatic rings. The Hall–Kier alpha value is -4.39. The molecule has 0 saturated carbocycles. The highest BCUT2D eigenvalue weighted by Gasteiger charge is 2.23. The van der Waals surface area contributed by atoms with Crippen molar-refractivity contribution < 1.29 is 19.4 Å². The summed E-state index contributed by atoms with van der Waals surface area (Å²) < 4.78 is 5.90. The van der Waals surface area contributed by atoms with Crippen molar-refractivity contribution in [2.24, 2.45) is 7.05 Å². The molecule has 7 nitrogen and oxygen atoms in total. The van der Waals surface area contributed by atoms with Crippen molar-refractivity contribution in [2.75, 3.05) is 7.11 Å². The third-order valence-electron chi connectivity index (χ3n) is 6.01. The van der Waals surface area contributed by atoms with Gasteiger partial charge in [-0.15, -0.1) is 0 Å². The number of esters is 1. The number of hydrogen-bond donors (Lipinski definition) is 2. The van der Waals surface area contributed by atoms with Crippen molar-refractivity contribution in [1.29, 1.82) is 0 Å². The number of nitrogens with zero attached hydrogens (tertiary/aromatic N) is 1. The van der Waals surface area contributed by atoms with Gasteiger partial charge < -0.3 is 19.7 Å². The van der Waals surface area contributed by atoms with Crippen LogP contribution >= 0.6 is 0 Å². The quantitative estimate of drug-likeness (QED) is 0.402. The molecule has 0 radical (unpaired) electrons. The predicted molar refractivity (Wildman–Crippen MR) is 134 cm³/mol. The third-order valence-corrected chi connectivity index (χ3v) is 6.01. The Balaban J connectivity index is 1.67. The van der Waals surface area contributed by atoms with Gasteiger partial charge in [0.1, 0.15) is 5.75 Å². The van der Waals surface area contributed by atoms with E-state index >= 15 is 0 Å². The number of carbonyl (C=O) groups excluding carboxylic acids is 2. The van der Waals surface area contributed by atoms with Gasteiger partial charge in [0.2, 0.25) is 0 Å². The van der Waals surface area contributed by atoms with Gasteiger partial charge in [0.05, 0.1) is 12.6 Å². The molecular formula is C28H26N2O5. The van der Waals surface area contributed by atoms with Crippen LogP contribution in [0.1, 0.15) is 31.8 Å². The SMILES string of the molecule is COC(=O)c1c(O)c2cc(C(=O)NC(Cc3ccccc3)Cc3ccccc3)ccc2n(C)c1=O. The number of carbonyl (C=O) groups is 2. The number of nitrogens with one attached hydrogen (secondary N) is 1. The van der Waals surface area contributed by atoms with Crippen molar-refractivity contribution in [3.63, 3.8) is 0 Å². The smallest absolute Gasteiger partial charge is 0.347 e. The number of benzene rings is 3. The van der Waals surface area contributed by atoms with E-state index in [1.54, 1.807) is 12.1 Å². The lowest BCUT2D eigenvalue weighted by atomic mass is 9.98. The Labute approximate surface area is 202 Å². The molecule has 2 N–H and O–H groups in total. The largest absolute Gasteiger partial charge is 0.506 e. The van der Waals surface area contributed by atoms with Gasteiger partial charge in [-0.2, -0.15) is 0 Å². The van der Waals surface area contributed by atoms with Crippen LogP contribution < -0.4 is 10.9 Å². The van der Waals surface area contributed by atoms with E-state index in [1.807, 2.05) is 60.7 Å². The van der Waals surface area contributed by atoms with Crippen LogP contribution in [-0.4, -0.2) is 34.7 Å². The Morgan fingerprint density at radius 3 is 2.06 bits per heavy atom. The lowest BCUT2D eigenvalue weighted by Crippen LogP contribution is -2.38. The number of pyridine rings is 1. The Bertz CT molecular complexity index is 1390. The molecule has 4 aromatic rings. The van der Waals surface area contributed by atoms with Crippen LogP contribution in [0.25, 0.3) is 10.9 Å². The molecule has 0 aliphatic heterocycles. The van der Waals surface area contributed by atoms with E-state index < -0.39 is 22.8 Å². The summed E-state index contributed by atoms with van der Waals surface area (Å²) in [5, 5.41) is 14.0. The summed E-state index contributed by atoms with van der Waals surface area (Å²) in [6.45, 7) is 0. The van der Waals surface area contributed by atoms with Crippen molar-refractivity contribution in [1.82, 2.24) is 9.88 Å². The molecule has 0 atom stereocenters. The van der Waals surface area contributed by atoms with Crippen LogP contribution in [0.3, 0.4) is 0 Å². The molecule has 3 aromatic carbocycles. The second-order valence-electron chi connectivity index (χ2n) is 8.36. The fraction of sp³-hybridized carbons (Fsp3) is 0.179. The number of amides is 1. The first-order valence-corrected chi connectivity index (χ1v) is 11.2. The summed E-state index contributed by atoms with van der Waals surface area (Å²) in [5.74, 6) is -1.77. The molecular weight excluding hydrogens is 444 g/mol. The third kappa shape index (κ3) is 5.09. The maximum Gasteiger partial charge on any atom is 0.347 e. The van der Waals surface area contributed by atoms with Crippen LogP contribution in [0.5, 0.6) is 5.75 Å². The van der Waals surface area contributed by atoms with E-state index in [4.69, 9.17) is 0 Å². The zero-order valence-corrected chi connectivity index (χ0v) is 19.5. The molecule has 0 saturated heterocycles. The Morgan fingerprint density at radius 2 is 1.51 bits per heavy atom. The fourth-order valence-corrected chi connectivity index (χ4v) is 4.20. The maximum atomic E-state index is 13.3. The highest BCUT2D eigenvalue weighted by molar-refractivity contribution is 6.03. The van der Waals surface area contributed by atoms with E-state index in [9.17, 15) is 19.5 Å². The van der Waals surface area contributed by atoms with Crippen molar-refractivity contribution in [3.05, 3.63) is 111 Å². The molecule has 35 heavy (non-hydrogen) atoms. The summed E-state index contributed by atoms with van der Waals surface area (Å²) in [7, 11) is 2.63. The molecule has 0 unspecified atom stereocenters. The van der Waals surface area contributed by atoms with Gasteiger partial charge in [-0.3, -0.25) is 9.59 Å². The zero-order chi connectivity index (χ0) is 24.9. The Kier molecular flexibility index (Phi) is 6.96. The number of hydrogen-bond acceptors (Lipinski definition) is 5. The minimum atomic E-state index is -0.939. The average Bonchev–Trinajstić information content (AvgIpc) is 2.88. The molecule has 1 amide bonds. The second kappa shape index (κ2) is 10.3. The first kappa shape index (κ1) is 23.8. The molecule has 1 heterocycles. The topological polar surface area (TPSA) is 97.6 Å². The summed E-state index contributed by atoms with van der Waals surface area (Å²) in [6, 6.07) is 24.3. The second-order valence-corrected chi connectivity index (χ2v) is 8.36. The van der Waals surface area contributed by atoms with E-state index in [2.05, 4.69) is 10.1 Å². The molecule has 0 spiro atoms. The standard InChI is InChI=1S/C28H26N2O5/c1-30-23-14-13-20(17-22(23)25(31)24(27(30)33)28(34)35-2)26(32)29-21(15-18-9-5-3-6-10-18)16-19-11-7-4-8-12-19/h3-14,17,21,31H,15-16H2,1-2H3,(H,29,32). The predicted octanol–water partition coefficient (Wildman–Crippen LogP) is 3.61. The lowest BCUT2D eigenvalue weighted by Gasteiger charge is -2.20. The number of aromatic nitrogens is 1. The number of aryl methyl sites for hydroxylation is 1. The first-order valence-electron chi connectivity index (χ1n) is 11.2. The molecule has 7 heteroatoms. The fourth-order valence-electron chi connectivity index (χ4n) is 4.20. The molecule has 0 aliphatic carbocycles. The van der Waals surface area contributed by atoms with Crippen molar-refractivity contribution in [3.8, 4) is 5.75 Å².